The third-order valence-electron chi connectivity index (χ3n) is 4.39. The Morgan fingerprint density at radius 2 is 2.00 bits per heavy atom. The van der Waals surface area contributed by atoms with E-state index in [1.54, 1.807) is 0 Å². The van der Waals surface area contributed by atoms with Crippen LogP contribution in [0.5, 0.6) is 0 Å². The Kier molecular flexibility index (Phi) is 7.07. The highest BCUT2D eigenvalue weighted by Crippen LogP contribution is 2.28. The Hall–Kier alpha value is -0.790. The molecule has 0 amide bonds. The molecule has 2 heteroatoms. The minimum Gasteiger partial charge on any atom is -0.349 e. The molecular formula is C16H30N2. The fraction of sp³-hybridized carbons (Fsp3) is 0.812. The standard InChI is InChI=1S/C16H30N2/c1-5-13(3)12-15(14(4)6-2)8-7-9-16-17-10-11-18-16/h10-11,13-15H,5-9,12H2,1-4H3,(H,17,18). The van der Waals surface area contributed by atoms with Gasteiger partial charge in [-0.2, -0.15) is 0 Å². The molecule has 0 spiro atoms. The van der Waals surface area contributed by atoms with Crippen LogP contribution in [0.3, 0.4) is 0 Å². The molecule has 1 rings (SSSR count). The first-order chi connectivity index (χ1) is 8.67. The molecule has 0 aromatic carbocycles. The zero-order valence-corrected chi connectivity index (χ0v) is 12.6. The topological polar surface area (TPSA) is 28.7 Å². The van der Waals surface area contributed by atoms with Crippen LogP contribution in [0, 0.1) is 17.8 Å². The fourth-order valence-corrected chi connectivity index (χ4v) is 2.62. The molecule has 0 saturated carbocycles. The average Bonchev–Trinajstić information content (AvgIpc) is 2.89. The van der Waals surface area contributed by atoms with Crippen LogP contribution < -0.4 is 0 Å². The van der Waals surface area contributed by atoms with Crippen molar-refractivity contribution in [1.82, 2.24) is 9.97 Å². The second-order valence-corrected chi connectivity index (χ2v) is 5.82. The van der Waals surface area contributed by atoms with Crippen LogP contribution in [-0.4, -0.2) is 9.97 Å². The van der Waals surface area contributed by atoms with Gasteiger partial charge in [0, 0.05) is 18.8 Å². The molecular weight excluding hydrogens is 220 g/mol. The molecule has 0 aliphatic rings. The molecule has 0 bridgehead atoms. The average molecular weight is 250 g/mol. The van der Waals surface area contributed by atoms with Crippen molar-refractivity contribution in [3.8, 4) is 0 Å². The molecule has 2 nitrogen and oxygen atoms in total. The summed E-state index contributed by atoms with van der Waals surface area (Å²) < 4.78 is 0. The van der Waals surface area contributed by atoms with Gasteiger partial charge < -0.3 is 4.98 Å². The van der Waals surface area contributed by atoms with Gasteiger partial charge in [0.1, 0.15) is 5.82 Å². The van der Waals surface area contributed by atoms with Crippen LogP contribution in [0.2, 0.25) is 0 Å². The number of aromatic amines is 1. The molecule has 1 N–H and O–H groups in total. The predicted molar refractivity (Wildman–Crippen MR) is 78.5 cm³/mol. The molecule has 104 valence electrons. The first-order valence-corrected chi connectivity index (χ1v) is 7.65. The smallest absolute Gasteiger partial charge is 0.105 e. The third-order valence-corrected chi connectivity index (χ3v) is 4.39. The van der Waals surface area contributed by atoms with Crippen molar-refractivity contribution in [2.24, 2.45) is 17.8 Å². The van der Waals surface area contributed by atoms with Crippen molar-refractivity contribution < 1.29 is 0 Å². The number of nitrogens with zero attached hydrogens (tertiary/aromatic N) is 1. The van der Waals surface area contributed by atoms with Gasteiger partial charge in [-0.3, -0.25) is 0 Å². The lowest BCUT2D eigenvalue weighted by Crippen LogP contribution is -2.15. The maximum atomic E-state index is 4.30. The Bertz CT molecular complexity index is 292. The summed E-state index contributed by atoms with van der Waals surface area (Å²) in [5.41, 5.74) is 0. The van der Waals surface area contributed by atoms with Crippen molar-refractivity contribution in [3.05, 3.63) is 18.2 Å². The predicted octanol–water partition coefficient (Wildman–Crippen LogP) is 4.83. The van der Waals surface area contributed by atoms with Gasteiger partial charge in [0.2, 0.25) is 0 Å². The van der Waals surface area contributed by atoms with Crippen LogP contribution in [0.4, 0.5) is 0 Å². The first-order valence-electron chi connectivity index (χ1n) is 7.65. The second kappa shape index (κ2) is 8.34. The molecule has 3 atom stereocenters. The summed E-state index contributed by atoms with van der Waals surface area (Å²) in [6.45, 7) is 9.43. The number of aromatic nitrogens is 2. The molecule has 18 heavy (non-hydrogen) atoms. The highest BCUT2D eigenvalue weighted by atomic mass is 14.9. The van der Waals surface area contributed by atoms with Crippen LogP contribution in [0.25, 0.3) is 0 Å². The van der Waals surface area contributed by atoms with Crippen LogP contribution in [0.1, 0.15) is 65.6 Å². The Morgan fingerprint density at radius 1 is 1.22 bits per heavy atom. The number of nitrogens with one attached hydrogen (secondary N) is 1. The molecule has 0 fully saturated rings. The van der Waals surface area contributed by atoms with Crippen molar-refractivity contribution in [2.45, 2.75) is 66.2 Å². The van der Waals surface area contributed by atoms with E-state index in [2.05, 4.69) is 37.7 Å². The number of rotatable bonds is 9. The van der Waals surface area contributed by atoms with E-state index in [9.17, 15) is 0 Å². The number of hydrogen-bond acceptors (Lipinski definition) is 1. The molecule has 0 aliphatic heterocycles. The largest absolute Gasteiger partial charge is 0.349 e. The highest BCUT2D eigenvalue weighted by Gasteiger charge is 2.18. The molecule has 3 unspecified atom stereocenters. The maximum Gasteiger partial charge on any atom is 0.105 e. The monoisotopic (exact) mass is 250 g/mol. The Labute approximate surface area is 113 Å². The quantitative estimate of drug-likeness (QED) is 0.668. The summed E-state index contributed by atoms with van der Waals surface area (Å²) in [6, 6.07) is 0. The summed E-state index contributed by atoms with van der Waals surface area (Å²) in [4.78, 5) is 7.49. The van der Waals surface area contributed by atoms with Gasteiger partial charge in [0.15, 0.2) is 0 Å². The van der Waals surface area contributed by atoms with Gasteiger partial charge >= 0.3 is 0 Å². The fourth-order valence-electron chi connectivity index (χ4n) is 2.62. The van der Waals surface area contributed by atoms with E-state index < -0.39 is 0 Å². The van der Waals surface area contributed by atoms with Crippen molar-refractivity contribution in [1.29, 1.82) is 0 Å². The van der Waals surface area contributed by atoms with Crippen molar-refractivity contribution in [3.63, 3.8) is 0 Å². The molecule has 1 aromatic heterocycles. The van der Waals surface area contributed by atoms with E-state index >= 15 is 0 Å². The molecule has 0 aliphatic carbocycles. The maximum absolute atomic E-state index is 4.30. The SMILES string of the molecule is CCC(C)CC(CCCc1ncc[nH]1)C(C)CC. The second-order valence-electron chi connectivity index (χ2n) is 5.82. The third kappa shape index (κ3) is 5.24. The van der Waals surface area contributed by atoms with Crippen LogP contribution >= 0.6 is 0 Å². The molecule has 1 aromatic rings. The molecule has 1 heterocycles. The van der Waals surface area contributed by atoms with Gasteiger partial charge in [0.05, 0.1) is 0 Å². The summed E-state index contributed by atoms with van der Waals surface area (Å²) >= 11 is 0. The minimum absolute atomic E-state index is 0.857. The van der Waals surface area contributed by atoms with Gasteiger partial charge in [-0.25, -0.2) is 4.98 Å². The summed E-state index contributed by atoms with van der Waals surface area (Å²) in [6.07, 6.45) is 11.5. The van der Waals surface area contributed by atoms with Gasteiger partial charge in [-0.05, 0) is 37.0 Å². The van der Waals surface area contributed by atoms with E-state index in [0.29, 0.717) is 0 Å². The Morgan fingerprint density at radius 3 is 2.56 bits per heavy atom. The molecule has 0 radical (unpaired) electrons. The lowest BCUT2D eigenvalue weighted by atomic mass is 9.80. The van der Waals surface area contributed by atoms with Gasteiger partial charge in [-0.1, -0.05) is 40.5 Å². The summed E-state index contributed by atoms with van der Waals surface area (Å²) in [5, 5.41) is 0. The number of H-pyrrole nitrogens is 1. The Balaban J connectivity index is 2.35. The zero-order chi connectivity index (χ0) is 13.4. The minimum atomic E-state index is 0.857. The van der Waals surface area contributed by atoms with E-state index in [0.717, 1.165) is 30.0 Å². The number of aryl methyl sites for hydroxylation is 1. The van der Waals surface area contributed by atoms with E-state index in [-0.39, 0.29) is 0 Å². The number of imidazole rings is 1. The lowest BCUT2D eigenvalue weighted by molar-refractivity contribution is 0.260. The lowest BCUT2D eigenvalue weighted by Gasteiger charge is -2.25. The molecule has 0 saturated heterocycles. The van der Waals surface area contributed by atoms with Gasteiger partial charge in [0.25, 0.3) is 0 Å². The summed E-state index contributed by atoms with van der Waals surface area (Å²) in [5.74, 6) is 3.75. The number of hydrogen-bond donors (Lipinski definition) is 1. The normalized spacial score (nSPS) is 16.4. The van der Waals surface area contributed by atoms with Gasteiger partial charge in [-0.15, -0.1) is 0 Å². The van der Waals surface area contributed by atoms with E-state index in [1.807, 2.05) is 12.4 Å². The highest BCUT2D eigenvalue weighted by molar-refractivity contribution is 4.87. The zero-order valence-electron chi connectivity index (χ0n) is 12.6. The van der Waals surface area contributed by atoms with Crippen molar-refractivity contribution in [2.75, 3.05) is 0 Å². The van der Waals surface area contributed by atoms with E-state index in [1.165, 1.54) is 32.1 Å². The van der Waals surface area contributed by atoms with Crippen LogP contribution in [-0.2, 0) is 6.42 Å². The summed E-state index contributed by atoms with van der Waals surface area (Å²) in [7, 11) is 0. The first kappa shape index (κ1) is 15.3. The van der Waals surface area contributed by atoms with Crippen molar-refractivity contribution >= 4 is 0 Å². The van der Waals surface area contributed by atoms with Crippen LogP contribution in [0.15, 0.2) is 12.4 Å². The van der Waals surface area contributed by atoms with E-state index in [4.69, 9.17) is 0 Å².